The van der Waals surface area contributed by atoms with Crippen molar-refractivity contribution in [2.75, 3.05) is 5.32 Å². The van der Waals surface area contributed by atoms with Crippen LogP contribution in [0.3, 0.4) is 0 Å². The predicted octanol–water partition coefficient (Wildman–Crippen LogP) is 3.99. The maximum Gasteiger partial charge on any atom is 0.237 e. The number of nitrogens with one attached hydrogen (secondary N) is 1. The Balaban J connectivity index is 1.99. The third-order valence-electron chi connectivity index (χ3n) is 2.96. The Morgan fingerprint density at radius 3 is 2.62 bits per heavy atom. The van der Waals surface area contributed by atoms with Gasteiger partial charge in [0.05, 0.1) is 16.9 Å². The van der Waals surface area contributed by atoms with Crippen molar-refractivity contribution in [1.29, 1.82) is 5.26 Å². The first-order valence-corrected chi connectivity index (χ1v) is 7.51. The number of rotatable bonds is 4. The normalized spacial score (nSPS) is 11.5. The molecule has 106 valence electrons. The molecule has 0 saturated carbocycles. The van der Waals surface area contributed by atoms with E-state index in [0.29, 0.717) is 11.3 Å². The lowest BCUT2D eigenvalue weighted by Gasteiger charge is -2.12. The number of nitrogens with zero attached hydrogens (tertiary/aromatic N) is 1. The van der Waals surface area contributed by atoms with E-state index < -0.39 is 0 Å². The molecule has 4 heteroatoms. The third-order valence-corrected chi connectivity index (χ3v) is 4.07. The highest BCUT2D eigenvalue weighted by Crippen LogP contribution is 2.24. The predicted molar refractivity (Wildman–Crippen MR) is 86.3 cm³/mol. The molecule has 1 N–H and O–H groups in total. The topological polar surface area (TPSA) is 52.9 Å². The van der Waals surface area contributed by atoms with Crippen molar-refractivity contribution in [1.82, 2.24) is 0 Å². The average molecular weight is 296 g/mol. The molecule has 2 rings (SSSR count). The van der Waals surface area contributed by atoms with E-state index in [1.54, 1.807) is 24.3 Å². The minimum atomic E-state index is -0.210. The molecule has 1 amide bonds. The van der Waals surface area contributed by atoms with E-state index >= 15 is 0 Å². The maximum atomic E-state index is 12.2. The minimum Gasteiger partial charge on any atom is -0.325 e. The first-order chi connectivity index (χ1) is 10.1. The van der Waals surface area contributed by atoms with Crippen LogP contribution >= 0.6 is 11.8 Å². The van der Waals surface area contributed by atoms with E-state index in [4.69, 9.17) is 5.26 Å². The largest absolute Gasteiger partial charge is 0.325 e. The molecule has 0 aliphatic heterocycles. The van der Waals surface area contributed by atoms with E-state index in [-0.39, 0.29) is 11.2 Å². The monoisotopic (exact) mass is 296 g/mol. The average Bonchev–Trinajstić information content (AvgIpc) is 2.49. The summed E-state index contributed by atoms with van der Waals surface area (Å²) in [5.41, 5.74) is 2.38. The Morgan fingerprint density at radius 1 is 1.24 bits per heavy atom. The van der Waals surface area contributed by atoms with Gasteiger partial charge in [-0.05, 0) is 44.2 Å². The number of benzene rings is 2. The van der Waals surface area contributed by atoms with Crippen molar-refractivity contribution < 1.29 is 4.79 Å². The molecule has 0 aromatic heterocycles. The molecule has 1 atom stereocenters. The SMILES string of the molecule is Cc1ccc(SC(C)C(=O)Nc2cccc(C#N)c2)cc1. The van der Waals surface area contributed by atoms with Gasteiger partial charge >= 0.3 is 0 Å². The fraction of sp³-hybridized carbons (Fsp3) is 0.176. The molecule has 0 heterocycles. The number of nitriles is 1. The standard InChI is InChI=1S/C17H16N2OS/c1-12-6-8-16(9-7-12)21-13(2)17(20)19-15-5-3-4-14(10-15)11-18/h3-10,13H,1-2H3,(H,19,20). The summed E-state index contributed by atoms with van der Waals surface area (Å²) >= 11 is 1.51. The second kappa shape index (κ2) is 6.96. The highest BCUT2D eigenvalue weighted by molar-refractivity contribution is 8.00. The Bertz CT molecular complexity index is 674. The molecule has 2 aromatic carbocycles. The van der Waals surface area contributed by atoms with Crippen molar-refractivity contribution in [3.8, 4) is 6.07 Å². The zero-order chi connectivity index (χ0) is 15.2. The van der Waals surface area contributed by atoms with Crippen LogP contribution in [0.25, 0.3) is 0 Å². The molecule has 2 aromatic rings. The van der Waals surface area contributed by atoms with Crippen molar-refractivity contribution in [3.63, 3.8) is 0 Å². The van der Waals surface area contributed by atoms with Gasteiger partial charge in [-0.1, -0.05) is 23.8 Å². The minimum absolute atomic E-state index is 0.0735. The van der Waals surface area contributed by atoms with Gasteiger partial charge in [0.15, 0.2) is 0 Å². The van der Waals surface area contributed by atoms with Crippen LogP contribution in [0.15, 0.2) is 53.4 Å². The number of carbonyl (C=O) groups excluding carboxylic acids is 1. The smallest absolute Gasteiger partial charge is 0.237 e. The molecule has 0 saturated heterocycles. The highest BCUT2D eigenvalue weighted by Gasteiger charge is 2.14. The second-order valence-electron chi connectivity index (χ2n) is 4.75. The van der Waals surface area contributed by atoms with Crippen LogP contribution in [0.4, 0.5) is 5.69 Å². The summed E-state index contributed by atoms with van der Waals surface area (Å²) in [6.07, 6.45) is 0. The fourth-order valence-electron chi connectivity index (χ4n) is 1.78. The molecule has 0 aliphatic rings. The van der Waals surface area contributed by atoms with Gasteiger partial charge in [-0.25, -0.2) is 0 Å². The number of anilines is 1. The number of hydrogen-bond donors (Lipinski definition) is 1. The first kappa shape index (κ1) is 15.1. The van der Waals surface area contributed by atoms with Crippen LogP contribution in [-0.4, -0.2) is 11.2 Å². The summed E-state index contributed by atoms with van der Waals surface area (Å²) < 4.78 is 0. The first-order valence-electron chi connectivity index (χ1n) is 6.63. The molecule has 0 fully saturated rings. The summed E-state index contributed by atoms with van der Waals surface area (Å²) in [5, 5.41) is 11.5. The summed E-state index contributed by atoms with van der Waals surface area (Å²) in [7, 11) is 0. The van der Waals surface area contributed by atoms with Crippen molar-refractivity contribution in [2.45, 2.75) is 24.0 Å². The lowest BCUT2D eigenvalue weighted by atomic mass is 10.2. The molecular weight excluding hydrogens is 280 g/mol. The number of carbonyl (C=O) groups is 1. The van der Waals surface area contributed by atoms with Crippen LogP contribution in [0.2, 0.25) is 0 Å². The zero-order valence-corrected chi connectivity index (χ0v) is 12.8. The molecule has 1 unspecified atom stereocenters. The summed E-state index contributed by atoms with van der Waals surface area (Å²) in [6, 6.07) is 17.1. The van der Waals surface area contributed by atoms with Crippen LogP contribution in [-0.2, 0) is 4.79 Å². The maximum absolute atomic E-state index is 12.2. The van der Waals surface area contributed by atoms with E-state index in [1.807, 2.05) is 38.1 Å². The third kappa shape index (κ3) is 4.37. The van der Waals surface area contributed by atoms with Gasteiger partial charge in [-0.3, -0.25) is 4.79 Å². The van der Waals surface area contributed by atoms with Crippen molar-refractivity contribution in [2.24, 2.45) is 0 Å². The molecule has 0 aliphatic carbocycles. The molecule has 0 radical (unpaired) electrons. The van der Waals surface area contributed by atoms with Gasteiger partial charge in [-0.15, -0.1) is 11.8 Å². The lowest BCUT2D eigenvalue weighted by molar-refractivity contribution is -0.115. The Labute approximate surface area is 129 Å². The number of aryl methyl sites for hydroxylation is 1. The van der Waals surface area contributed by atoms with Crippen LogP contribution in [0.1, 0.15) is 18.1 Å². The van der Waals surface area contributed by atoms with Crippen molar-refractivity contribution >= 4 is 23.4 Å². The summed E-state index contributed by atoms with van der Waals surface area (Å²) in [5.74, 6) is -0.0735. The van der Waals surface area contributed by atoms with Gasteiger partial charge in [0, 0.05) is 10.6 Å². The summed E-state index contributed by atoms with van der Waals surface area (Å²) in [6.45, 7) is 3.90. The fourth-order valence-corrected chi connectivity index (χ4v) is 2.65. The second-order valence-corrected chi connectivity index (χ2v) is 6.17. The van der Waals surface area contributed by atoms with E-state index in [0.717, 1.165) is 4.90 Å². The number of hydrogen-bond acceptors (Lipinski definition) is 3. The van der Waals surface area contributed by atoms with E-state index in [2.05, 4.69) is 11.4 Å². The van der Waals surface area contributed by atoms with Gasteiger partial charge < -0.3 is 5.32 Å². The molecule has 0 bridgehead atoms. The number of amides is 1. The molecule has 3 nitrogen and oxygen atoms in total. The quantitative estimate of drug-likeness (QED) is 0.868. The Hall–Kier alpha value is -2.25. The Morgan fingerprint density at radius 2 is 1.95 bits per heavy atom. The van der Waals surface area contributed by atoms with Crippen molar-refractivity contribution in [3.05, 3.63) is 59.7 Å². The summed E-state index contributed by atoms with van der Waals surface area (Å²) in [4.78, 5) is 13.2. The van der Waals surface area contributed by atoms with Gasteiger partial charge in [0.1, 0.15) is 0 Å². The van der Waals surface area contributed by atoms with E-state index in [9.17, 15) is 4.79 Å². The molecular formula is C17H16N2OS. The van der Waals surface area contributed by atoms with E-state index in [1.165, 1.54) is 17.3 Å². The Kier molecular flexibility index (Phi) is 5.02. The molecule has 0 spiro atoms. The van der Waals surface area contributed by atoms with Gasteiger partial charge in [0.2, 0.25) is 5.91 Å². The van der Waals surface area contributed by atoms with Crippen LogP contribution < -0.4 is 5.32 Å². The van der Waals surface area contributed by atoms with Crippen LogP contribution in [0, 0.1) is 18.3 Å². The van der Waals surface area contributed by atoms with Crippen LogP contribution in [0.5, 0.6) is 0 Å². The van der Waals surface area contributed by atoms with Gasteiger partial charge in [0.25, 0.3) is 0 Å². The molecule has 21 heavy (non-hydrogen) atoms. The lowest BCUT2D eigenvalue weighted by Crippen LogP contribution is -2.22. The van der Waals surface area contributed by atoms with Gasteiger partial charge in [-0.2, -0.15) is 5.26 Å². The number of thioether (sulfide) groups is 1. The highest BCUT2D eigenvalue weighted by atomic mass is 32.2. The zero-order valence-electron chi connectivity index (χ0n) is 12.0.